The largest absolute Gasteiger partial charge is 0.314 e. The van der Waals surface area contributed by atoms with E-state index in [9.17, 15) is 0 Å². The first-order valence-electron chi connectivity index (χ1n) is 8.34. The first-order valence-corrected chi connectivity index (χ1v) is 8.34. The van der Waals surface area contributed by atoms with Gasteiger partial charge in [0.2, 0.25) is 0 Å². The van der Waals surface area contributed by atoms with Crippen molar-refractivity contribution in [3.63, 3.8) is 0 Å². The summed E-state index contributed by atoms with van der Waals surface area (Å²) in [5, 5.41) is 7.72. The minimum absolute atomic E-state index is 0.540. The fourth-order valence-electron chi connectivity index (χ4n) is 2.64. The zero-order valence-corrected chi connectivity index (χ0v) is 13.6. The van der Waals surface area contributed by atoms with E-state index in [1.807, 2.05) is 11.7 Å². The molecule has 0 aliphatic rings. The van der Waals surface area contributed by atoms with Crippen LogP contribution in [0.1, 0.15) is 71.0 Å². The molecule has 0 saturated heterocycles. The topological polar surface area (TPSA) is 42.7 Å². The van der Waals surface area contributed by atoms with E-state index < -0.39 is 0 Å². The standard InChI is InChI=1S/C16H32N4/c1-4-6-7-8-9-10-11-12-15(17-5-2)13-16-18-14-19-20(16)3/h14-15,17H,4-13H2,1-3H3. The molecule has 0 spiro atoms. The molecule has 0 aromatic carbocycles. The Morgan fingerprint density at radius 2 is 1.80 bits per heavy atom. The normalized spacial score (nSPS) is 12.8. The fourth-order valence-corrected chi connectivity index (χ4v) is 2.64. The zero-order valence-electron chi connectivity index (χ0n) is 13.6. The van der Waals surface area contributed by atoms with Crippen molar-refractivity contribution in [2.24, 2.45) is 7.05 Å². The van der Waals surface area contributed by atoms with Gasteiger partial charge in [0.05, 0.1) is 0 Å². The van der Waals surface area contributed by atoms with Gasteiger partial charge in [-0.05, 0) is 13.0 Å². The third kappa shape index (κ3) is 7.04. The molecule has 4 heteroatoms. The molecular weight excluding hydrogens is 248 g/mol. The molecule has 4 nitrogen and oxygen atoms in total. The molecule has 1 atom stereocenters. The first-order chi connectivity index (χ1) is 9.77. The Balaban J connectivity index is 2.17. The van der Waals surface area contributed by atoms with Crippen molar-refractivity contribution < 1.29 is 0 Å². The maximum atomic E-state index is 4.33. The number of rotatable bonds is 12. The number of nitrogens with zero attached hydrogens (tertiary/aromatic N) is 3. The smallest absolute Gasteiger partial charge is 0.138 e. The molecule has 1 heterocycles. The van der Waals surface area contributed by atoms with E-state index >= 15 is 0 Å². The number of aryl methyl sites for hydroxylation is 1. The van der Waals surface area contributed by atoms with Crippen LogP contribution >= 0.6 is 0 Å². The van der Waals surface area contributed by atoms with Gasteiger partial charge in [-0.3, -0.25) is 4.68 Å². The Morgan fingerprint density at radius 3 is 2.40 bits per heavy atom. The van der Waals surface area contributed by atoms with E-state index in [2.05, 4.69) is 29.2 Å². The van der Waals surface area contributed by atoms with Crippen LogP contribution in [0.25, 0.3) is 0 Å². The first kappa shape index (κ1) is 17.2. The highest BCUT2D eigenvalue weighted by Gasteiger charge is 2.11. The van der Waals surface area contributed by atoms with Crippen LogP contribution in [0, 0.1) is 0 Å². The van der Waals surface area contributed by atoms with Crippen LogP contribution in [0.4, 0.5) is 0 Å². The number of aromatic nitrogens is 3. The van der Waals surface area contributed by atoms with Crippen molar-refractivity contribution in [3.05, 3.63) is 12.2 Å². The van der Waals surface area contributed by atoms with Crippen molar-refractivity contribution in [3.8, 4) is 0 Å². The molecule has 1 aromatic rings. The fraction of sp³-hybridized carbons (Fsp3) is 0.875. The van der Waals surface area contributed by atoms with E-state index in [0.29, 0.717) is 6.04 Å². The lowest BCUT2D eigenvalue weighted by atomic mass is 10.0. The number of hydrogen-bond acceptors (Lipinski definition) is 3. The molecule has 0 aliphatic heterocycles. The maximum absolute atomic E-state index is 4.33. The molecule has 0 aliphatic carbocycles. The highest BCUT2D eigenvalue weighted by Crippen LogP contribution is 2.11. The van der Waals surface area contributed by atoms with Crippen LogP contribution in [0.15, 0.2) is 6.33 Å². The summed E-state index contributed by atoms with van der Waals surface area (Å²) in [5.41, 5.74) is 0. The van der Waals surface area contributed by atoms with Gasteiger partial charge < -0.3 is 5.32 Å². The Bertz CT molecular complexity index is 335. The minimum Gasteiger partial charge on any atom is -0.314 e. The number of unbranched alkanes of at least 4 members (excludes halogenated alkanes) is 6. The lowest BCUT2D eigenvalue weighted by molar-refractivity contribution is 0.446. The second kappa shape index (κ2) is 10.8. The van der Waals surface area contributed by atoms with Crippen LogP contribution in [0.3, 0.4) is 0 Å². The zero-order chi connectivity index (χ0) is 14.6. The summed E-state index contributed by atoms with van der Waals surface area (Å²) in [6.07, 6.45) is 13.5. The van der Waals surface area contributed by atoms with Crippen LogP contribution in [-0.4, -0.2) is 27.4 Å². The Morgan fingerprint density at radius 1 is 1.10 bits per heavy atom. The summed E-state index contributed by atoms with van der Waals surface area (Å²) < 4.78 is 1.88. The van der Waals surface area contributed by atoms with Gasteiger partial charge in [-0.25, -0.2) is 4.98 Å². The molecular formula is C16H32N4. The van der Waals surface area contributed by atoms with Crippen molar-refractivity contribution >= 4 is 0 Å². The van der Waals surface area contributed by atoms with Gasteiger partial charge in [0.1, 0.15) is 12.2 Å². The molecule has 0 fully saturated rings. The van der Waals surface area contributed by atoms with E-state index in [1.165, 1.54) is 51.4 Å². The number of hydrogen-bond donors (Lipinski definition) is 1. The summed E-state index contributed by atoms with van der Waals surface area (Å²) in [7, 11) is 1.97. The van der Waals surface area contributed by atoms with Gasteiger partial charge in [-0.1, -0.05) is 58.8 Å². The van der Waals surface area contributed by atoms with Crippen LogP contribution < -0.4 is 5.32 Å². The molecule has 20 heavy (non-hydrogen) atoms. The lowest BCUT2D eigenvalue weighted by Crippen LogP contribution is -2.31. The van der Waals surface area contributed by atoms with Gasteiger partial charge >= 0.3 is 0 Å². The summed E-state index contributed by atoms with van der Waals surface area (Å²) in [5.74, 6) is 1.08. The average Bonchev–Trinajstić information content (AvgIpc) is 2.83. The number of likely N-dealkylation sites (N-methyl/N-ethyl adjacent to an activating group) is 1. The van der Waals surface area contributed by atoms with Crippen molar-refractivity contribution in [1.29, 1.82) is 0 Å². The molecule has 0 bridgehead atoms. The molecule has 1 aromatic heterocycles. The molecule has 0 radical (unpaired) electrons. The molecule has 0 saturated carbocycles. The van der Waals surface area contributed by atoms with Crippen molar-refractivity contribution in [2.75, 3.05) is 6.54 Å². The molecule has 1 unspecified atom stereocenters. The van der Waals surface area contributed by atoms with Gasteiger partial charge in [-0.15, -0.1) is 0 Å². The molecule has 1 rings (SSSR count). The second-order valence-corrected chi connectivity index (χ2v) is 5.67. The molecule has 1 N–H and O–H groups in total. The van der Waals surface area contributed by atoms with Crippen LogP contribution in [0.2, 0.25) is 0 Å². The highest BCUT2D eigenvalue weighted by molar-refractivity contribution is 4.88. The monoisotopic (exact) mass is 280 g/mol. The third-order valence-electron chi connectivity index (χ3n) is 3.88. The second-order valence-electron chi connectivity index (χ2n) is 5.67. The summed E-state index contributed by atoms with van der Waals surface area (Å²) in [4.78, 5) is 4.33. The third-order valence-corrected chi connectivity index (χ3v) is 3.88. The van der Waals surface area contributed by atoms with E-state index in [0.717, 1.165) is 18.8 Å². The Kier molecular flexibility index (Phi) is 9.29. The average molecular weight is 280 g/mol. The predicted octanol–water partition coefficient (Wildman–Crippen LogP) is 3.48. The van der Waals surface area contributed by atoms with E-state index in [4.69, 9.17) is 0 Å². The Labute approximate surface area is 124 Å². The van der Waals surface area contributed by atoms with Crippen molar-refractivity contribution in [1.82, 2.24) is 20.1 Å². The summed E-state index contributed by atoms with van der Waals surface area (Å²) in [6.45, 7) is 5.47. The van der Waals surface area contributed by atoms with Gasteiger partial charge in [0, 0.05) is 19.5 Å². The highest BCUT2D eigenvalue weighted by atomic mass is 15.3. The van der Waals surface area contributed by atoms with Gasteiger partial charge in [0.15, 0.2) is 0 Å². The quantitative estimate of drug-likeness (QED) is 0.596. The van der Waals surface area contributed by atoms with Gasteiger partial charge in [-0.2, -0.15) is 5.10 Å². The minimum atomic E-state index is 0.540. The maximum Gasteiger partial charge on any atom is 0.138 e. The van der Waals surface area contributed by atoms with E-state index in [-0.39, 0.29) is 0 Å². The Hall–Kier alpha value is -0.900. The summed E-state index contributed by atoms with van der Waals surface area (Å²) in [6, 6.07) is 0.540. The van der Waals surface area contributed by atoms with Crippen LogP contribution in [-0.2, 0) is 13.5 Å². The number of nitrogens with one attached hydrogen (secondary N) is 1. The van der Waals surface area contributed by atoms with Gasteiger partial charge in [0.25, 0.3) is 0 Å². The molecule has 116 valence electrons. The SMILES string of the molecule is CCCCCCCCCC(Cc1ncnn1C)NCC. The summed E-state index contributed by atoms with van der Waals surface area (Å²) >= 11 is 0. The predicted molar refractivity (Wildman–Crippen MR) is 84.8 cm³/mol. The van der Waals surface area contributed by atoms with E-state index in [1.54, 1.807) is 6.33 Å². The molecule has 0 amide bonds. The lowest BCUT2D eigenvalue weighted by Gasteiger charge is -2.17. The van der Waals surface area contributed by atoms with Crippen LogP contribution in [0.5, 0.6) is 0 Å². The van der Waals surface area contributed by atoms with Crippen molar-refractivity contribution in [2.45, 2.75) is 77.7 Å².